The molecule has 0 aliphatic carbocycles. The van der Waals surface area contributed by atoms with Gasteiger partial charge >= 0.3 is 0 Å². The molecule has 1 aromatic rings. The Morgan fingerprint density at radius 1 is 0.900 bits per heavy atom. The van der Waals surface area contributed by atoms with Crippen molar-refractivity contribution in [2.45, 2.75) is 39.2 Å². The molecule has 0 saturated carbocycles. The number of amides is 2. The summed E-state index contributed by atoms with van der Waals surface area (Å²) in [5.74, 6) is 0.151. The predicted molar refractivity (Wildman–Crippen MR) is 115 cm³/mol. The molecule has 2 aliphatic rings. The number of halogens is 1. The van der Waals surface area contributed by atoms with Gasteiger partial charge < -0.3 is 10.2 Å². The van der Waals surface area contributed by atoms with E-state index in [4.69, 9.17) is 0 Å². The highest BCUT2D eigenvalue weighted by molar-refractivity contribution is 5.79. The average Bonchev–Trinajstić information content (AvgIpc) is 3.17. The Labute approximate surface area is 179 Å². The smallest absolute Gasteiger partial charge is 0.236 e. The highest BCUT2D eigenvalue weighted by atomic mass is 19.1. The van der Waals surface area contributed by atoms with Crippen molar-refractivity contribution in [3.05, 3.63) is 35.6 Å². The summed E-state index contributed by atoms with van der Waals surface area (Å²) in [7, 11) is 0. The Hall–Kier alpha value is -1.99. The van der Waals surface area contributed by atoms with Crippen LogP contribution in [0.25, 0.3) is 0 Å². The Kier molecular flexibility index (Phi) is 8.22. The fourth-order valence-electron chi connectivity index (χ4n) is 4.33. The third-order valence-corrected chi connectivity index (χ3v) is 6.08. The van der Waals surface area contributed by atoms with Gasteiger partial charge in [0, 0.05) is 26.2 Å². The van der Waals surface area contributed by atoms with Gasteiger partial charge in [0.05, 0.1) is 19.1 Å². The summed E-state index contributed by atoms with van der Waals surface area (Å²) in [6, 6.07) is 6.20. The zero-order valence-electron chi connectivity index (χ0n) is 18.3. The average molecular weight is 419 g/mol. The van der Waals surface area contributed by atoms with E-state index in [9.17, 15) is 14.0 Å². The first kappa shape index (κ1) is 22.7. The number of nitrogens with one attached hydrogen (secondary N) is 1. The molecule has 2 aliphatic heterocycles. The summed E-state index contributed by atoms with van der Waals surface area (Å²) < 4.78 is 13.2. The lowest BCUT2D eigenvalue weighted by atomic mass is 9.96. The molecule has 0 spiro atoms. The first-order valence-electron chi connectivity index (χ1n) is 11.2. The summed E-state index contributed by atoms with van der Waals surface area (Å²) in [5.41, 5.74) is 0.919. The molecule has 7 heteroatoms. The monoisotopic (exact) mass is 418 g/mol. The first-order valence-corrected chi connectivity index (χ1v) is 11.2. The van der Waals surface area contributed by atoms with Crippen molar-refractivity contribution in [1.82, 2.24) is 20.0 Å². The second-order valence-corrected chi connectivity index (χ2v) is 8.83. The number of carbonyl (C=O) groups excluding carboxylic acids is 2. The first-order chi connectivity index (χ1) is 14.4. The van der Waals surface area contributed by atoms with Gasteiger partial charge in [0.25, 0.3) is 0 Å². The van der Waals surface area contributed by atoms with Crippen molar-refractivity contribution in [3.8, 4) is 0 Å². The lowest BCUT2D eigenvalue weighted by Gasteiger charge is -2.26. The van der Waals surface area contributed by atoms with E-state index in [-0.39, 0.29) is 29.6 Å². The standard InChI is InChI=1S/C23H35FN4O2/c1-18(2)23(19-6-8-20(24)9-7-19)25-21(29)16-26-10-5-11-27(15-14-26)17-22(30)28-12-3-4-13-28/h6-9,18,23H,3-5,10-17H2,1-2H3,(H,25,29). The van der Waals surface area contributed by atoms with Crippen molar-refractivity contribution in [2.75, 3.05) is 52.4 Å². The molecule has 2 saturated heterocycles. The van der Waals surface area contributed by atoms with Crippen LogP contribution in [0, 0.1) is 11.7 Å². The fraction of sp³-hybridized carbons (Fsp3) is 0.652. The van der Waals surface area contributed by atoms with Crippen LogP contribution in [-0.4, -0.2) is 78.9 Å². The van der Waals surface area contributed by atoms with Crippen LogP contribution >= 0.6 is 0 Å². The summed E-state index contributed by atoms with van der Waals surface area (Å²) >= 11 is 0. The number of hydrogen-bond donors (Lipinski definition) is 1. The van der Waals surface area contributed by atoms with Crippen molar-refractivity contribution in [3.63, 3.8) is 0 Å². The van der Waals surface area contributed by atoms with E-state index in [2.05, 4.69) is 29.0 Å². The lowest BCUT2D eigenvalue weighted by Crippen LogP contribution is -2.42. The molecule has 6 nitrogen and oxygen atoms in total. The maximum absolute atomic E-state index is 13.2. The van der Waals surface area contributed by atoms with Gasteiger partial charge in [-0.2, -0.15) is 0 Å². The van der Waals surface area contributed by atoms with Crippen LogP contribution in [0.2, 0.25) is 0 Å². The van der Waals surface area contributed by atoms with Crippen LogP contribution in [0.1, 0.15) is 44.7 Å². The molecule has 0 aromatic heterocycles. The van der Waals surface area contributed by atoms with Gasteiger partial charge in [-0.05, 0) is 56.0 Å². The maximum Gasteiger partial charge on any atom is 0.236 e. The second kappa shape index (κ2) is 10.9. The molecule has 1 aromatic carbocycles. The van der Waals surface area contributed by atoms with E-state index in [1.54, 1.807) is 12.1 Å². The van der Waals surface area contributed by atoms with Crippen LogP contribution in [0.3, 0.4) is 0 Å². The molecule has 0 radical (unpaired) electrons. The highest BCUT2D eigenvalue weighted by Gasteiger charge is 2.24. The molecule has 3 rings (SSSR count). The Morgan fingerprint density at radius 2 is 1.50 bits per heavy atom. The zero-order valence-corrected chi connectivity index (χ0v) is 18.3. The van der Waals surface area contributed by atoms with E-state index in [1.165, 1.54) is 12.1 Å². The number of benzene rings is 1. The van der Waals surface area contributed by atoms with Crippen molar-refractivity contribution in [2.24, 2.45) is 5.92 Å². The van der Waals surface area contributed by atoms with Crippen LogP contribution in [0.4, 0.5) is 4.39 Å². The summed E-state index contributed by atoms with van der Waals surface area (Å²) in [6.07, 6.45) is 3.18. The number of likely N-dealkylation sites (tertiary alicyclic amines) is 1. The predicted octanol–water partition coefficient (Wildman–Crippen LogP) is 2.27. The largest absolute Gasteiger partial charge is 0.348 e. The molecule has 166 valence electrons. The van der Waals surface area contributed by atoms with E-state index in [0.717, 1.165) is 64.1 Å². The number of hydrogen-bond acceptors (Lipinski definition) is 4. The van der Waals surface area contributed by atoms with E-state index < -0.39 is 0 Å². The minimum atomic E-state index is -0.273. The van der Waals surface area contributed by atoms with Gasteiger partial charge in [0.15, 0.2) is 0 Å². The van der Waals surface area contributed by atoms with Crippen molar-refractivity contribution < 1.29 is 14.0 Å². The molecule has 0 bridgehead atoms. The Morgan fingerprint density at radius 3 is 2.10 bits per heavy atom. The van der Waals surface area contributed by atoms with Crippen LogP contribution in [0.5, 0.6) is 0 Å². The van der Waals surface area contributed by atoms with Crippen LogP contribution in [-0.2, 0) is 9.59 Å². The van der Waals surface area contributed by atoms with Crippen molar-refractivity contribution in [1.29, 1.82) is 0 Å². The van der Waals surface area contributed by atoms with Gasteiger partial charge in [-0.15, -0.1) is 0 Å². The minimum absolute atomic E-state index is 0.0142. The summed E-state index contributed by atoms with van der Waals surface area (Å²) in [4.78, 5) is 31.5. The molecule has 2 fully saturated rings. The van der Waals surface area contributed by atoms with Gasteiger partial charge in [-0.25, -0.2) is 4.39 Å². The third kappa shape index (κ3) is 6.51. The van der Waals surface area contributed by atoms with Gasteiger partial charge in [-0.3, -0.25) is 19.4 Å². The number of nitrogens with zero attached hydrogens (tertiary/aromatic N) is 3. The Bertz CT molecular complexity index is 704. The zero-order chi connectivity index (χ0) is 21.5. The van der Waals surface area contributed by atoms with Gasteiger partial charge in [-0.1, -0.05) is 26.0 Å². The van der Waals surface area contributed by atoms with E-state index in [1.807, 2.05) is 4.90 Å². The fourth-order valence-corrected chi connectivity index (χ4v) is 4.33. The molecule has 1 unspecified atom stereocenters. The molecule has 1 N–H and O–H groups in total. The number of carbonyl (C=O) groups is 2. The summed E-state index contributed by atoms with van der Waals surface area (Å²) in [6.45, 7) is 10.0. The molecule has 30 heavy (non-hydrogen) atoms. The minimum Gasteiger partial charge on any atom is -0.348 e. The molecule has 1 atom stereocenters. The lowest BCUT2D eigenvalue weighted by molar-refractivity contribution is -0.131. The summed E-state index contributed by atoms with van der Waals surface area (Å²) in [5, 5.41) is 3.12. The normalized spacial score (nSPS) is 19.7. The highest BCUT2D eigenvalue weighted by Crippen LogP contribution is 2.22. The third-order valence-electron chi connectivity index (χ3n) is 6.08. The van der Waals surface area contributed by atoms with Gasteiger partial charge in [0.2, 0.25) is 11.8 Å². The number of rotatable bonds is 7. The molecule has 2 heterocycles. The van der Waals surface area contributed by atoms with E-state index in [0.29, 0.717) is 13.1 Å². The SMILES string of the molecule is CC(C)C(NC(=O)CN1CCCN(CC(=O)N2CCCC2)CC1)c1ccc(F)cc1. The Balaban J connectivity index is 1.47. The van der Waals surface area contributed by atoms with Crippen LogP contribution in [0.15, 0.2) is 24.3 Å². The maximum atomic E-state index is 13.2. The molecule has 2 amide bonds. The topological polar surface area (TPSA) is 55.9 Å². The quantitative estimate of drug-likeness (QED) is 0.738. The van der Waals surface area contributed by atoms with Crippen LogP contribution < -0.4 is 5.32 Å². The molecular weight excluding hydrogens is 383 g/mol. The van der Waals surface area contributed by atoms with E-state index >= 15 is 0 Å². The van der Waals surface area contributed by atoms with Crippen molar-refractivity contribution >= 4 is 11.8 Å². The molecular formula is C23H35FN4O2. The second-order valence-electron chi connectivity index (χ2n) is 8.83. The van der Waals surface area contributed by atoms with Gasteiger partial charge in [0.1, 0.15) is 5.82 Å².